The Morgan fingerprint density at radius 1 is 1.27 bits per heavy atom. The van der Waals surface area contributed by atoms with Crippen molar-refractivity contribution in [1.82, 2.24) is 9.21 Å². The predicted molar refractivity (Wildman–Crippen MR) is 85.9 cm³/mol. The summed E-state index contributed by atoms with van der Waals surface area (Å²) in [5.74, 6) is -0.509. The molecule has 1 fully saturated rings. The van der Waals surface area contributed by atoms with E-state index in [9.17, 15) is 13.2 Å². The van der Waals surface area contributed by atoms with E-state index >= 15 is 0 Å². The number of benzene rings is 1. The maximum atomic E-state index is 12.5. The van der Waals surface area contributed by atoms with E-state index in [0.29, 0.717) is 36.8 Å². The molecule has 1 heterocycles. The molecule has 1 aliphatic heterocycles. The van der Waals surface area contributed by atoms with E-state index in [1.807, 2.05) is 4.90 Å². The summed E-state index contributed by atoms with van der Waals surface area (Å²) in [5, 5.41) is 0.451. The minimum Gasteiger partial charge on any atom is -0.368 e. The van der Waals surface area contributed by atoms with Crippen LogP contribution in [0.1, 0.15) is 12.5 Å². The van der Waals surface area contributed by atoms with Crippen LogP contribution in [0.4, 0.5) is 0 Å². The van der Waals surface area contributed by atoms with Crippen LogP contribution in [0.25, 0.3) is 0 Å². The third kappa shape index (κ3) is 3.98. The number of piperazine rings is 1. The maximum Gasteiger partial charge on any atom is 0.234 e. The standard InChI is InChI=1S/C14H20ClN3O3S/c1-11(14(16)19)17-6-8-18(9-7-17)22(20,21)10-12-4-2-3-5-13(12)15/h2-5,11H,6-10H2,1H3,(H2,16,19). The van der Waals surface area contributed by atoms with Gasteiger partial charge in [-0.25, -0.2) is 8.42 Å². The van der Waals surface area contributed by atoms with Crippen molar-refractivity contribution in [2.45, 2.75) is 18.7 Å². The van der Waals surface area contributed by atoms with Crippen molar-refractivity contribution in [3.05, 3.63) is 34.9 Å². The minimum atomic E-state index is -3.42. The number of nitrogens with two attached hydrogens (primary N) is 1. The quantitative estimate of drug-likeness (QED) is 0.849. The molecule has 8 heteroatoms. The Labute approximate surface area is 135 Å². The molecule has 1 saturated heterocycles. The minimum absolute atomic E-state index is 0.113. The molecule has 0 spiro atoms. The fraction of sp³-hybridized carbons (Fsp3) is 0.500. The molecular formula is C14H20ClN3O3S. The monoisotopic (exact) mass is 345 g/mol. The van der Waals surface area contributed by atoms with Gasteiger partial charge in [0, 0.05) is 31.2 Å². The largest absolute Gasteiger partial charge is 0.368 e. The molecule has 1 unspecified atom stereocenters. The summed E-state index contributed by atoms with van der Waals surface area (Å²) in [6, 6.07) is 6.55. The number of halogens is 1. The SMILES string of the molecule is CC(C(N)=O)N1CCN(S(=O)(=O)Cc2ccccc2Cl)CC1. The van der Waals surface area contributed by atoms with Crippen molar-refractivity contribution in [3.63, 3.8) is 0 Å². The van der Waals surface area contributed by atoms with E-state index < -0.39 is 15.9 Å². The number of hydrogen-bond acceptors (Lipinski definition) is 4. The molecule has 0 bridgehead atoms. The summed E-state index contributed by atoms with van der Waals surface area (Å²) in [7, 11) is -3.42. The van der Waals surface area contributed by atoms with Crippen molar-refractivity contribution in [2.75, 3.05) is 26.2 Å². The summed E-state index contributed by atoms with van der Waals surface area (Å²) in [5.41, 5.74) is 5.87. The van der Waals surface area contributed by atoms with Gasteiger partial charge in [-0.05, 0) is 18.6 Å². The van der Waals surface area contributed by atoms with Gasteiger partial charge in [-0.2, -0.15) is 4.31 Å². The van der Waals surface area contributed by atoms with Crippen LogP contribution >= 0.6 is 11.6 Å². The highest BCUT2D eigenvalue weighted by atomic mass is 35.5. The van der Waals surface area contributed by atoms with Crippen LogP contribution in [0.5, 0.6) is 0 Å². The molecule has 0 radical (unpaired) electrons. The van der Waals surface area contributed by atoms with Crippen molar-refractivity contribution in [2.24, 2.45) is 5.73 Å². The number of amides is 1. The lowest BCUT2D eigenvalue weighted by atomic mass is 10.2. The van der Waals surface area contributed by atoms with Gasteiger partial charge in [-0.3, -0.25) is 9.69 Å². The highest BCUT2D eigenvalue weighted by Gasteiger charge is 2.30. The lowest BCUT2D eigenvalue weighted by molar-refractivity contribution is -0.123. The Morgan fingerprint density at radius 3 is 2.41 bits per heavy atom. The van der Waals surface area contributed by atoms with Crippen LogP contribution in [-0.4, -0.2) is 55.8 Å². The van der Waals surface area contributed by atoms with E-state index in [2.05, 4.69) is 0 Å². The van der Waals surface area contributed by atoms with Crippen LogP contribution in [0.3, 0.4) is 0 Å². The van der Waals surface area contributed by atoms with Gasteiger partial charge in [0.05, 0.1) is 11.8 Å². The van der Waals surface area contributed by atoms with Crippen molar-refractivity contribution in [1.29, 1.82) is 0 Å². The number of carbonyl (C=O) groups is 1. The zero-order valence-corrected chi connectivity index (χ0v) is 14.0. The molecular weight excluding hydrogens is 326 g/mol. The summed E-state index contributed by atoms with van der Waals surface area (Å²) < 4.78 is 26.4. The Bertz CT molecular complexity index is 642. The van der Waals surface area contributed by atoms with Gasteiger partial charge in [0.15, 0.2) is 0 Å². The molecule has 2 rings (SSSR count). The fourth-order valence-corrected chi connectivity index (χ4v) is 4.28. The van der Waals surface area contributed by atoms with E-state index in [1.165, 1.54) is 4.31 Å². The Balaban J connectivity index is 2.01. The molecule has 0 aromatic heterocycles. The molecule has 1 aromatic rings. The Morgan fingerprint density at radius 2 is 1.86 bits per heavy atom. The molecule has 6 nitrogen and oxygen atoms in total. The third-order valence-electron chi connectivity index (χ3n) is 3.92. The van der Waals surface area contributed by atoms with E-state index in [1.54, 1.807) is 31.2 Å². The molecule has 2 N–H and O–H groups in total. The van der Waals surface area contributed by atoms with Gasteiger partial charge in [0.25, 0.3) is 0 Å². The smallest absolute Gasteiger partial charge is 0.234 e. The topological polar surface area (TPSA) is 83.7 Å². The molecule has 1 aromatic carbocycles. The van der Waals surface area contributed by atoms with Crippen molar-refractivity contribution >= 4 is 27.5 Å². The van der Waals surface area contributed by atoms with Gasteiger partial charge in [-0.1, -0.05) is 29.8 Å². The number of sulfonamides is 1. The summed E-state index contributed by atoms with van der Waals surface area (Å²) in [6.45, 7) is 3.42. The molecule has 0 aliphatic carbocycles. The molecule has 22 heavy (non-hydrogen) atoms. The first-order valence-electron chi connectivity index (χ1n) is 7.06. The first kappa shape index (κ1) is 17.2. The third-order valence-corrected chi connectivity index (χ3v) is 6.12. The van der Waals surface area contributed by atoms with Gasteiger partial charge < -0.3 is 5.73 Å². The van der Waals surface area contributed by atoms with E-state index in [4.69, 9.17) is 17.3 Å². The molecule has 1 aliphatic rings. The molecule has 1 amide bonds. The summed E-state index contributed by atoms with van der Waals surface area (Å²) >= 11 is 6.03. The Hall–Kier alpha value is -1.15. The predicted octanol–water partition coefficient (Wildman–Crippen LogP) is 0.661. The molecule has 0 saturated carbocycles. The number of primary amides is 1. The van der Waals surface area contributed by atoms with Crippen LogP contribution in [0, 0.1) is 0 Å². The average molecular weight is 346 g/mol. The number of hydrogen-bond donors (Lipinski definition) is 1. The van der Waals surface area contributed by atoms with Gasteiger partial charge in [0.1, 0.15) is 0 Å². The van der Waals surface area contributed by atoms with Crippen LogP contribution in [0.15, 0.2) is 24.3 Å². The summed E-state index contributed by atoms with van der Waals surface area (Å²) in [4.78, 5) is 13.1. The number of rotatable bonds is 5. The average Bonchev–Trinajstić information content (AvgIpc) is 2.49. The van der Waals surface area contributed by atoms with Gasteiger partial charge >= 0.3 is 0 Å². The fourth-order valence-electron chi connectivity index (χ4n) is 2.45. The van der Waals surface area contributed by atoms with Crippen molar-refractivity contribution < 1.29 is 13.2 Å². The normalized spacial score (nSPS) is 19.0. The molecule has 1 atom stereocenters. The second kappa shape index (κ2) is 6.95. The lowest BCUT2D eigenvalue weighted by Gasteiger charge is -2.36. The summed E-state index contributed by atoms with van der Waals surface area (Å²) in [6.07, 6.45) is 0. The first-order chi connectivity index (χ1) is 10.3. The zero-order chi connectivity index (χ0) is 16.3. The van der Waals surface area contributed by atoms with Gasteiger partial charge in [-0.15, -0.1) is 0 Å². The lowest BCUT2D eigenvalue weighted by Crippen LogP contribution is -2.54. The highest BCUT2D eigenvalue weighted by molar-refractivity contribution is 7.88. The molecule has 122 valence electrons. The second-order valence-corrected chi connectivity index (χ2v) is 7.74. The highest BCUT2D eigenvalue weighted by Crippen LogP contribution is 2.20. The van der Waals surface area contributed by atoms with Crippen molar-refractivity contribution in [3.8, 4) is 0 Å². The Kier molecular flexibility index (Phi) is 5.44. The van der Waals surface area contributed by atoms with E-state index in [-0.39, 0.29) is 11.8 Å². The van der Waals surface area contributed by atoms with Gasteiger partial charge in [0.2, 0.25) is 15.9 Å². The maximum absolute atomic E-state index is 12.5. The first-order valence-corrected chi connectivity index (χ1v) is 9.04. The van der Waals surface area contributed by atoms with Crippen LogP contribution in [0.2, 0.25) is 5.02 Å². The van der Waals surface area contributed by atoms with Crippen LogP contribution in [-0.2, 0) is 20.6 Å². The second-order valence-electron chi connectivity index (χ2n) is 5.36. The zero-order valence-electron chi connectivity index (χ0n) is 12.4. The number of nitrogens with zero attached hydrogens (tertiary/aromatic N) is 2. The van der Waals surface area contributed by atoms with Crippen LogP contribution < -0.4 is 5.73 Å². The van der Waals surface area contributed by atoms with E-state index in [0.717, 1.165) is 0 Å². The number of carbonyl (C=O) groups excluding carboxylic acids is 1.